The number of fused-ring (bicyclic) bond motifs is 1. The highest BCUT2D eigenvalue weighted by Crippen LogP contribution is 2.32. The topological polar surface area (TPSA) is 78.8 Å². The van der Waals surface area contributed by atoms with Crippen molar-refractivity contribution >= 4 is 6.03 Å². The monoisotopic (exact) mass is 344 g/mol. The number of carbonyl (C=O) groups is 1. The predicted molar refractivity (Wildman–Crippen MR) is 96.2 cm³/mol. The zero-order chi connectivity index (χ0) is 17.8. The molecule has 0 bridgehead atoms. The van der Waals surface area contributed by atoms with Crippen LogP contribution < -0.4 is 5.32 Å². The first-order valence-electron chi connectivity index (χ1n) is 9.19. The van der Waals surface area contributed by atoms with E-state index in [0.29, 0.717) is 6.54 Å². The molecule has 2 aromatic heterocycles. The van der Waals surface area contributed by atoms with Crippen molar-refractivity contribution in [1.82, 2.24) is 30.0 Å². The second-order valence-corrected chi connectivity index (χ2v) is 6.84. The van der Waals surface area contributed by atoms with E-state index >= 15 is 0 Å². The van der Waals surface area contributed by atoms with Gasteiger partial charge in [-0.05, 0) is 19.4 Å². The molecule has 2 aromatic rings. The lowest BCUT2D eigenvalue weighted by molar-refractivity contribution is 0.172. The molecule has 2 atom stereocenters. The molecule has 7 nitrogen and oxygen atoms in total. The molecule has 2 unspecified atom stereocenters. The highest BCUT2D eigenvalue weighted by Gasteiger charge is 2.35. The summed E-state index contributed by atoms with van der Waals surface area (Å²) in [6.45, 7) is 4.94. The lowest BCUT2D eigenvalue weighted by atomic mass is 10.00. The number of unbranched alkanes of at least 4 members (excludes halogenated alkanes) is 2. The number of aromatic amines is 1. The van der Waals surface area contributed by atoms with E-state index in [-0.39, 0.29) is 18.1 Å². The third-order valence-corrected chi connectivity index (χ3v) is 4.94. The summed E-state index contributed by atoms with van der Waals surface area (Å²) in [5.74, 6) is 0. The van der Waals surface area contributed by atoms with Gasteiger partial charge in [0.1, 0.15) is 6.04 Å². The van der Waals surface area contributed by atoms with Gasteiger partial charge in [0, 0.05) is 37.9 Å². The van der Waals surface area contributed by atoms with Gasteiger partial charge in [-0.3, -0.25) is 4.68 Å². The van der Waals surface area contributed by atoms with Gasteiger partial charge in [0.2, 0.25) is 0 Å². The van der Waals surface area contributed by atoms with Gasteiger partial charge in [-0.1, -0.05) is 26.2 Å². The zero-order valence-electron chi connectivity index (χ0n) is 15.3. The second kappa shape index (κ2) is 7.72. The Kier molecular flexibility index (Phi) is 5.40. The van der Waals surface area contributed by atoms with Crippen molar-refractivity contribution in [2.75, 3.05) is 6.54 Å². The summed E-state index contributed by atoms with van der Waals surface area (Å²) >= 11 is 0. The van der Waals surface area contributed by atoms with E-state index in [9.17, 15) is 4.79 Å². The molecule has 0 saturated carbocycles. The SMILES string of the molecule is CCCCCC(C)NC(=O)N1CCc2[nH]cnc2C1c1ccnn1C. The molecule has 25 heavy (non-hydrogen) atoms. The van der Waals surface area contributed by atoms with Gasteiger partial charge in [0.25, 0.3) is 0 Å². The summed E-state index contributed by atoms with van der Waals surface area (Å²) in [6, 6.07) is 1.90. The zero-order valence-corrected chi connectivity index (χ0v) is 15.3. The molecule has 2 N–H and O–H groups in total. The van der Waals surface area contributed by atoms with Gasteiger partial charge in [0.05, 0.1) is 17.7 Å². The van der Waals surface area contributed by atoms with Crippen LogP contribution >= 0.6 is 0 Å². The number of hydrogen-bond acceptors (Lipinski definition) is 3. The molecule has 0 spiro atoms. The molecule has 136 valence electrons. The van der Waals surface area contributed by atoms with Crippen molar-refractivity contribution < 1.29 is 4.79 Å². The van der Waals surface area contributed by atoms with Crippen LogP contribution in [0.15, 0.2) is 18.6 Å². The first kappa shape index (κ1) is 17.5. The van der Waals surface area contributed by atoms with Crippen LogP contribution in [0.25, 0.3) is 0 Å². The fourth-order valence-electron chi connectivity index (χ4n) is 3.51. The lowest BCUT2D eigenvalue weighted by Crippen LogP contribution is -2.48. The Balaban J connectivity index is 1.77. The van der Waals surface area contributed by atoms with Crippen LogP contribution in [0.1, 0.15) is 62.7 Å². The van der Waals surface area contributed by atoms with Gasteiger partial charge in [-0.25, -0.2) is 9.78 Å². The minimum absolute atomic E-state index is 0.0242. The minimum atomic E-state index is -0.203. The molecule has 2 amide bonds. The van der Waals surface area contributed by atoms with Crippen LogP contribution in [-0.2, 0) is 13.5 Å². The van der Waals surface area contributed by atoms with Crippen molar-refractivity contribution in [3.63, 3.8) is 0 Å². The third kappa shape index (κ3) is 3.70. The van der Waals surface area contributed by atoms with E-state index in [1.165, 1.54) is 12.8 Å². The third-order valence-electron chi connectivity index (χ3n) is 4.94. The number of hydrogen-bond donors (Lipinski definition) is 2. The van der Waals surface area contributed by atoms with Crippen LogP contribution in [0.5, 0.6) is 0 Å². The summed E-state index contributed by atoms with van der Waals surface area (Å²) < 4.78 is 1.82. The molecule has 0 fully saturated rings. The van der Waals surface area contributed by atoms with Gasteiger partial charge in [-0.15, -0.1) is 0 Å². The van der Waals surface area contributed by atoms with E-state index < -0.39 is 0 Å². The van der Waals surface area contributed by atoms with Crippen molar-refractivity contribution in [2.24, 2.45) is 7.05 Å². The average Bonchev–Trinajstić information content (AvgIpc) is 3.22. The molecule has 3 heterocycles. The summed E-state index contributed by atoms with van der Waals surface area (Å²) in [5, 5.41) is 7.44. The number of aryl methyl sites for hydroxylation is 1. The van der Waals surface area contributed by atoms with Crippen LogP contribution in [-0.4, -0.2) is 43.3 Å². The summed E-state index contributed by atoms with van der Waals surface area (Å²) in [5.41, 5.74) is 3.00. The molecule has 1 aliphatic rings. The Labute approximate surface area is 148 Å². The molecule has 0 aromatic carbocycles. The first-order chi connectivity index (χ1) is 12.1. The number of imidazole rings is 1. The Hall–Kier alpha value is -2.31. The minimum Gasteiger partial charge on any atom is -0.348 e. The van der Waals surface area contributed by atoms with Gasteiger partial charge >= 0.3 is 6.03 Å². The average molecular weight is 344 g/mol. The van der Waals surface area contributed by atoms with E-state index in [2.05, 4.69) is 34.2 Å². The molecule has 0 aliphatic carbocycles. The Bertz CT molecular complexity index is 706. The first-order valence-corrected chi connectivity index (χ1v) is 9.19. The number of nitrogens with zero attached hydrogens (tertiary/aromatic N) is 4. The predicted octanol–water partition coefficient (Wildman–Crippen LogP) is 2.77. The number of aromatic nitrogens is 4. The van der Waals surface area contributed by atoms with Crippen molar-refractivity contribution in [2.45, 2.75) is 58.0 Å². The standard InChI is InChI=1S/C18H28N6O/c1-4-5-6-7-13(2)22-18(25)24-11-9-14-16(20-12-19-14)17(24)15-8-10-21-23(15)3/h8,10,12-13,17H,4-7,9,11H2,1-3H3,(H,19,20)(H,22,25). The molecule has 3 rings (SSSR count). The number of urea groups is 1. The second-order valence-electron chi connectivity index (χ2n) is 6.84. The molecule has 1 aliphatic heterocycles. The van der Waals surface area contributed by atoms with Gasteiger partial charge in [-0.2, -0.15) is 5.10 Å². The number of nitrogens with one attached hydrogen (secondary N) is 2. The molecule has 7 heteroatoms. The molecule has 0 saturated heterocycles. The summed E-state index contributed by atoms with van der Waals surface area (Å²) in [7, 11) is 1.90. The highest BCUT2D eigenvalue weighted by molar-refractivity contribution is 5.76. The fourth-order valence-corrected chi connectivity index (χ4v) is 3.51. The number of H-pyrrole nitrogens is 1. The van der Waals surface area contributed by atoms with Crippen molar-refractivity contribution in [3.8, 4) is 0 Å². The maximum absolute atomic E-state index is 12.9. The maximum atomic E-state index is 12.9. The molecule has 0 radical (unpaired) electrons. The largest absolute Gasteiger partial charge is 0.348 e. The lowest BCUT2D eigenvalue weighted by Gasteiger charge is -2.35. The fraction of sp³-hybridized carbons (Fsp3) is 0.611. The van der Waals surface area contributed by atoms with Gasteiger partial charge in [0.15, 0.2) is 0 Å². The number of rotatable bonds is 6. The molecular formula is C18H28N6O. The van der Waals surface area contributed by atoms with E-state index in [4.69, 9.17) is 0 Å². The van der Waals surface area contributed by atoms with Crippen LogP contribution in [0.4, 0.5) is 4.79 Å². The quantitative estimate of drug-likeness (QED) is 0.791. The van der Waals surface area contributed by atoms with E-state index in [0.717, 1.165) is 36.3 Å². The summed E-state index contributed by atoms with van der Waals surface area (Å²) in [6.07, 6.45) is 8.82. The number of carbonyl (C=O) groups excluding carboxylic acids is 1. The van der Waals surface area contributed by atoms with Crippen LogP contribution in [0.2, 0.25) is 0 Å². The Morgan fingerprint density at radius 3 is 3.04 bits per heavy atom. The Morgan fingerprint density at radius 1 is 1.48 bits per heavy atom. The smallest absolute Gasteiger partial charge is 0.318 e. The van der Waals surface area contributed by atoms with Crippen molar-refractivity contribution in [1.29, 1.82) is 0 Å². The van der Waals surface area contributed by atoms with Crippen LogP contribution in [0.3, 0.4) is 0 Å². The van der Waals surface area contributed by atoms with Crippen molar-refractivity contribution in [3.05, 3.63) is 35.7 Å². The van der Waals surface area contributed by atoms with Gasteiger partial charge < -0.3 is 15.2 Å². The summed E-state index contributed by atoms with van der Waals surface area (Å²) in [4.78, 5) is 22.5. The van der Waals surface area contributed by atoms with Crippen LogP contribution in [0, 0.1) is 0 Å². The van der Waals surface area contributed by atoms with E-state index in [1.807, 2.05) is 22.7 Å². The maximum Gasteiger partial charge on any atom is 0.318 e. The van der Waals surface area contributed by atoms with E-state index in [1.54, 1.807) is 12.5 Å². The Morgan fingerprint density at radius 2 is 2.32 bits per heavy atom. The normalized spacial score (nSPS) is 18.0. The highest BCUT2D eigenvalue weighted by atomic mass is 16.2. The molecular weight excluding hydrogens is 316 g/mol. The number of amides is 2.